The second-order valence-electron chi connectivity index (χ2n) is 8.50. The van der Waals surface area contributed by atoms with Gasteiger partial charge in [-0.15, -0.1) is 0 Å². The molecule has 2 aliphatic heterocycles. The van der Waals surface area contributed by atoms with Crippen LogP contribution in [-0.2, 0) is 14.4 Å². The Labute approximate surface area is 189 Å². The number of ether oxygens (including phenoxy) is 1. The number of hydrogen-bond donors (Lipinski definition) is 1. The van der Waals surface area contributed by atoms with Gasteiger partial charge in [-0.25, -0.2) is 0 Å². The van der Waals surface area contributed by atoms with E-state index in [1.54, 1.807) is 0 Å². The number of hydrogen-bond acceptors (Lipinski definition) is 6. The molecule has 0 radical (unpaired) electrons. The Morgan fingerprint density at radius 3 is 2.34 bits per heavy atom. The van der Waals surface area contributed by atoms with Crippen LogP contribution in [0.15, 0.2) is 36.4 Å². The summed E-state index contributed by atoms with van der Waals surface area (Å²) < 4.78 is 5.75. The minimum atomic E-state index is -0.288. The number of imide groups is 1. The summed E-state index contributed by atoms with van der Waals surface area (Å²) in [6.07, 6.45) is 5.08. The van der Waals surface area contributed by atoms with Crippen LogP contribution in [0.2, 0.25) is 0 Å². The van der Waals surface area contributed by atoms with Crippen molar-refractivity contribution in [2.75, 3.05) is 57.3 Å². The van der Waals surface area contributed by atoms with Crippen LogP contribution in [0.4, 0.5) is 5.69 Å². The van der Waals surface area contributed by atoms with Crippen molar-refractivity contribution < 1.29 is 19.1 Å². The predicted octanol–water partition coefficient (Wildman–Crippen LogP) is 1.27. The molecule has 2 saturated heterocycles. The molecule has 1 aliphatic carbocycles. The Bertz CT molecular complexity index is 853. The highest BCUT2D eigenvalue weighted by molar-refractivity contribution is 6.07. The fraction of sp³-hybridized carbons (Fsp3) is 0.542. The molecular formula is C24H32N4O4. The number of allylic oxidation sites excluding steroid dienone is 2. The summed E-state index contributed by atoms with van der Waals surface area (Å²) in [5, 5.41) is 2.87. The Hall–Kier alpha value is -2.87. The van der Waals surface area contributed by atoms with E-state index < -0.39 is 0 Å². The molecule has 2 heterocycles. The van der Waals surface area contributed by atoms with Crippen molar-refractivity contribution in [2.24, 2.45) is 11.8 Å². The van der Waals surface area contributed by atoms with Gasteiger partial charge in [-0.3, -0.25) is 24.2 Å². The normalized spacial score (nSPS) is 23.4. The van der Waals surface area contributed by atoms with Crippen molar-refractivity contribution in [3.63, 3.8) is 0 Å². The lowest BCUT2D eigenvalue weighted by atomic mass is 9.85. The minimum absolute atomic E-state index is 0.174. The summed E-state index contributed by atoms with van der Waals surface area (Å²) in [6, 6.07) is 8.11. The highest BCUT2D eigenvalue weighted by atomic mass is 16.5. The molecular weight excluding hydrogens is 408 g/mol. The predicted molar refractivity (Wildman–Crippen MR) is 121 cm³/mol. The molecule has 3 amide bonds. The molecule has 1 N–H and O–H groups in total. The monoisotopic (exact) mass is 440 g/mol. The van der Waals surface area contributed by atoms with Crippen molar-refractivity contribution in [3.05, 3.63) is 36.4 Å². The number of likely N-dealkylation sites (tertiary alicyclic amines) is 1. The van der Waals surface area contributed by atoms with E-state index in [1.807, 2.05) is 37.3 Å². The third-order valence-corrected chi connectivity index (χ3v) is 6.53. The maximum Gasteiger partial charge on any atom is 0.240 e. The molecule has 2 unspecified atom stereocenters. The van der Waals surface area contributed by atoms with Gasteiger partial charge in [-0.1, -0.05) is 24.3 Å². The van der Waals surface area contributed by atoms with Gasteiger partial charge in [0.15, 0.2) is 0 Å². The molecule has 0 saturated carbocycles. The van der Waals surface area contributed by atoms with Gasteiger partial charge in [-0.2, -0.15) is 0 Å². The number of nitrogens with zero attached hydrogens (tertiary/aromatic N) is 3. The van der Waals surface area contributed by atoms with Gasteiger partial charge in [0, 0.05) is 39.3 Å². The van der Waals surface area contributed by atoms with E-state index in [2.05, 4.69) is 21.2 Å². The fourth-order valence-electron chi connectivity index (χ4n) is 4.79. The van der Waals surface area contributed by atoms with Gasteiger partial charge in [-0.05, 0) is 31.9 Å². The molecule has 1 aromatic rings. The van der Waals surface area contributed by atoms with Crippen LogP contribution in [0.1, 0.15) is 19.8 Å². The number of carbonyl (C=O) groups is 3. The van der Waals surface area contributed by atoms with Crippen molar-refractivity contribution in [2.45, 2.75) is 19.8 Å². The van der Waals surface area contributed by atoms with E-state index in [-0.39, 0.29) is 36.1 Å². The number of nitrogens with one attached hydrogen (secondary N) is 1. The zero-order chi connectivity index (χ0) is 22.5. The van der Waals surface area contributed by atoms with Crippen molar-refractivity contribution in [1.82, 2.24) is 15.1 Å². The lowest BCUT2D eigenvalue weighted by Gasteiger charge is -2.36. The summed E-state index contributed by atoms with van der Waals surface area (Å²) >= 11 is 0. The van der Waals surface area contributed by atoms with Gasteiger partial charge < -0.3 is 15.0 Å². The third-order valence-electron chi connectivity index (χ3n) is 6.53. The van der Waals surface area contributed by atoms with Crippen LogP contribution in [-0.4, -0.2) is 79.9 Å². The number of fused-ring (bicyclic) bond motifs is 1. The Morgan fingerprint density at radius 1 is 1.03 bits per heavy atom. The van der Waals surface area contributed by atoms with Crippen LogP contribution in [0, 0.1) is 11.8 Å². The zero-order valence-electron chi connectivity index (χ0n) is 18.7. The molecule has 2 atom stereocenters. The van der Waals surface area contributed by atoms with Gasteiger partial charge in [0.1, 0.15) is 12.3 Å². The second kappa shape index (κ2) is 10.2. The van der Waals surface area contributed by atoms with E-state index in [0.29, 0.717) is 26.0 Å². The average molecular weight is 441 g/mol. The van der Waals surface area contributed by atoms with Crippen LogP contribution >= 0.6 is 0 Å². The van der Waals surface area contributed by atoms with E-state index in [9.17, 15) is 14.4 Å². The quantitative estimate of drug-likeness (QED) is 0.484. The number of amides is 3. The molecule has 32 heavy (non-hydrogen) atoms. The first-order chi connectivity index (χ1) is 15.6. The summed E-state index contributed by atoms with van der Waals surface area (Å²) in [4.78, 5) is 43.1. The first-order valence-electron chi connectivity index (χ1n) is 11.5. The number of benzene rings is 1. The standard InChI is InChI=1S/C24H32N4O4/c1-2-32-21-10-6-5-9-20(21)27-15-13-26(14-16-27)12-11-25-22(29)17-28-23(30)18-7-3-4-8-19(18)24(28)31/h3-6,9-10,18-19H,2,7-8,11-17H2,1H3,(H,25,29). The first-order valence-corrected chi connectivity index (χ1v) is 11.5. The van der Waals surface area contributed by atoms with Crippen LogP contribution in [0.5, 0.6) is 5.75 Å². The SMILES string of the molecule is CCOc1ccccc1N1CCN(CCNC(=O)CN2C(=O)C3CC=CCC3C2=O)CC1. The highest BCUT2D eigenvalue weighted by Crippen LogP contribution is 2.34. The summed E-state index contributed by atoms with van der Waals surface area (Å²) in [5.41, 5.74) is 1.12. The Balaban J connectivity index is 1.19. The smallest absolute Gasteiger partial charge is 0.240 e. The first kappa shape index (κ1) is 22.3. The largest absolute Gasteiger partial charge is 0.492 e. The molecule has 0 aromatic heterocycles. The lowest BCUT2D eigenvalue weighted by Crippen LogP contribution is -2.49. The van der Waals surface area contributed by atoms with Crippen LogP contribution < -0.4 is 15.0 Å². The van der Waals surface area contributed by atoms with Crippen LogP contribution in [0.3, 0.4) is 0 Å². The average Bonchev–Trinajstić information content (AvgIpc) is 3.05. The maximum atomic E-state index is 12.5. The number of carbonyl (C=O) groups excluding carboxylic acids is 3. The molecule has 8 heteroatoms. The summed E-state index contributed by atoms with van der Waals surface area (Å²) in [5.74, 6) is -0.347. The van der Waals surface area contributed by atoms with Gasteiger partial charge in [0.05, 0.1) is 24.1 Å². The minimum Gasteiger partial charge on any atom is -0.492 e. The van der Waals surface area contributed by atoms with E-state index >= 15 is 0 Å². The molecule has 3 aliphatic rings. The number of para-hydroxylation sites is 2. The summed E-state index contributed by atoms with van der Waals surface area (Å²) in [6.45, 7) is 7.28. The van der Waals surface area contributed by atoms with Gasteiger partial charge in [0.2, 0.25) is 17.7 Å². The van der Waals surface area contributed by atoms with Crippen molar-refractivity contribution in [1.29, 1.82) is 0 Å². The molecule has 172 valence electrons. The third kappa shape index (κ3) is 4.80. The fourth-order valence-corrected chi connectivity index (χ4v) is 4.79. The molecule has 2 fully saturated rings. The lowest BCUT2D eigenvalue weighted by molar-refractivity contribution is -0.143. The van der Waals surface area contributed by atoms with E-state index in [1.165, 1.54) is 0 Å². The maximum absolute atomic E-state index is 12.5. The zero-order valence-corrected chi connectivity index (χ0v) is 18.7. The molecule has 0 spiro atoms. The van der Waals surface area contributed by atoms with Gasteiger partial charge >= 0.3 is 0 Å². The second-order valence-corrected chi connectivity index (χ2v) is 8.50. The molecule has 0 bridgehead atoms. The topological polar surface area (TPSA) is 82.2 Å². The molecule has 8 nitrogen and oxygen atoms in total. The van der Waals surface area contributed by atoms with Crippen LogP contribution in [0.25, 0.3) is 0 Å². The Kier molecular flexibility index (Phi) is 7.09. The Morgan fingerprint density at radius 2 is 1.69 bits per heavy atom. The van der Waals surface area contributed by atoms with E-state index in [0.717, 1.165) is 49.1 Å². The summed E-state index contributed by atoms with van der Waals surface area (Å²) in [7, 11) is 0. The highest BCUT2D eigenvalue weighted by Gasteiger charge is 2.47. The number of anilines is 1. The number of piperazine rings is 1. The molecule has 1 aromatic carbocycles. The van der Waals surface area contributed by atoms with Gasteiger partial charge in [0.25, 0.3) is 0 Å². The van der Waals surface area contributed by atoms with Crippen molar-refractivity contribution in [3.8, 4) is 5.75 Å². The molecule has 4 rings (SSSR count). The number of rotatable bonds is 8. The van der Waals surface area contributed by atoms with E-state index in [4.69, 9.17) is 4.74 Å². The van der Waals surface area contributed by atoms with Crippen molar-refractivity contribution >= 4 is 23.4 Å².